The summed E-state index contributed by atoms with van der Waals surface area (Å²) in [5, 5.41) is 0. The van der Waals surface area contributed by atoms with Crippen LogP contribution >= 0.6 is 0 Å². The summed E-state index contributed by atoms with van der Waals surface area (Å²) in [4.78, 5) is 13.5. The predicted molar refractivity (Wildman–Crippen MR) is 80.7 cm³/mol. The molecular formula is C16H23FN2O2. The van der Waals surface area contributed by atoms with Crippen LogP contribution in [0.25, 0.3) is 0 Å². The number of nitrogen functional groups attached to an aromatic ring is 1. The number of rotatable bonds is 1. The molecule has 21 heavy (non-hydrogen) atoms. The van der Waals surface area contributed by atoms with Crippen LogP contribution in [0.1, 0.15) is 39.2 Å². The molecule has 1 aliphatic rings. The second-order valence-corrected chi connectivity index (χ2v) is 6.52. The lowest BCUT2D eigenvalue weighted by atomic mass is 9.85. The molecule has 0 unspecified atom stereocenters. The Morgan fingerprint density at radius 2 is 1.86 bits per heavy atom. The van der Waals surface area contributed by atoms with Gasteiger partial charge in [0.15, 0.2) is 0 Å². The highest BCUT2D eigenvalue weighted by Crippen LogP contribution is 2.39. The van der Waals surface area contributed by atoms with Crippen molar-refractivity contribution >= 4 is 11.8 Å². The van der Waals surface area contributed by atoms with E-state index in [0.29, 0.717) is 24.3 Å². The van der Waals surface area contributed by atoms with E-state index >= 15 is 4.39 Å². The number of nitrogens with zero attached hydrogens (tertiary/aromatic N) is 1. The fourth-order valence-electron chi connectivity index (χ4n) is 2.54. The van der Waals surface area contributed by atoms with Gasteiger partial charge in [-0.05, 0) is 26.8 Å². The smallest absolute Gasteiger partial charge is 0.410 e. The van der Waals surface area contributed by atoms with Gasteiger partial charge in [0, 0.05) is 37.2 Å². The molecular weight excluding hydrogens is 271 g/mol. The lowest BCUT2D eigenvalue weighted by molar-refractivity contribution is 0.00238. The zero-order valence-electron chi connectivity index (χ0n) is 12.9. The molecule has 0 atom stereocenters. The van der Waals surface area contributed by atoms with E-state index in [9.17, 15) is 4.79 Å². The van der Waals surface area contributed by atoms with Gasteiger partial charge in [0.1, 0.15) is 11.3 Å². The number of piperidine rings is 1. The highest BCUT2D eigenvalue weighted by atomic mass is 19.1. The van der Waals surface area contributed by atoms with Gasteiger partial charge >= 0.3 is 6.09 Å². The number of para-hydroxylation sites is 1. The first kappa shape index (κ1) is 15.6. The molecule has 0 radical (unpaired) electrons. The Kier molecular flexibility index (Phi) is 4.12. The van der Waals surface area contributed by atoms with Gasteiger partial charge in [-0.15, -0.1) is 0 Å². The SMILES string of the molecule is CC(C)(C)OC(=O)N1CCC(F)(c2ccccc2N)CC1. The topological polar surface area (TPSA) is 55.6 Å². The number of halogens is 1. The van der Waals surface area contributed by atoms with Gasteiger partial charge < -0.3 is 15.4 Å². The summed E-state index contributed by atoms with van der Waals surface area (Å²) in [7, 11) is 0. The first-order valence-electron chi connectivity index (χ1n) is 7.23. The van der Waals surface area contributed by atoms with Crippen LogP contribution in [0.15, 0.2) is 24.3 Å². The number of carbonyl (C=O) groups is 1. The lowest BCUT2D eigenvalue weighted by Crippen LogP contribution is -2.45. The summed E-state index contributed by atoms with van der Waals surface area (Å²) in [6, 6.07) is 7.00. The Balaban J connectivity index is 2.03. The lowest BCUT2D eigenvalue weighted by Gasteiger charge is -2.37. The number of carbonyl (C=O) groups excluding carboxylic acids is 1. The van der Waals surface area contributed by atoms with Gasteiger partial charge in [-0.2, -0.15) is 0 Å². The van der Waals surface area contributed by atoms with Crippen molar-refractivity contribution in [1.29, 1.82) is 0 Å². The van der Waals surface area contributed by atoms with E-state index < -0.39 is 11.3 Å². The van der Waals surface area contributed by atoms with Crippen molar-refractivity contribution in [2.45, 2.75) is 44.9 Å². The molecule has 116 valence electrons. The number of benzene rings is 1. The van der Waals surface area contributed by atoms with E-state index in [4.69, 9.17) is 10.5 Å². The number of hydrogen-bond acceptors (Lipinski definition) is 3. The van der Waals surface area contributed by atoms with Crippen LogP contribution in [-0.2, 0) is 10.4 Å². The molecule has 0 aromatic heterocycles. The van der Waals surface area contributed by atoms with E-state index in [1.165, 1.54) is 0 Å². The molecule has 1 aliphatic heterocycles. The van der Waals surface area contributed by atoms with E-state index in [-0.39, 0.29) is 18.9 Å². The largest absolute Gasteiger partial charge is 0.444 e. The summed E-state index contributed by atoms with van der Waals surface area (Å²) in [6.07, 6.45) is 0.0894. The van der Waals surface area contributed by atoms with Crippen molar-refractivity contribution in [2.24, 2.45) is 0 Å². The van der Waals surface area contributed by atoms with Gasteiger partial charge in [-0.1, -0.05) is 18.2 Å². The van der Waals surface area contributed by atoms with Crippen LogP contribution in [0.3, 0.4) is 0 Å². The van der Waals surface area contributed by atoms with Crippen LogP contribution in [0.4, 0.5) is 14.9 Å². The number of anilines is 1. The van der Waals surface area contributed by atoms with Gasteiger partial charge in [0.25, 0.3) is 0 Å². The van der Waals surface area contributed by atoms with E-state index in [1.54, 1.807) is 29.2 Å². The number of likely N-dealkylation sites (tertiary alicyclic amines) is 1. The second-order valence-electron chi connectivity index (χ2n) is 6.52. The standard InChI is InChI=1S/C16H23FN2O2/c1-15(2,3)21-14(20)19-10-8-16(17,9-11-19)12-6-4-5-7-13(12)18/h4-7H,8-11,18H2,1-3H3. The van der Waals surface area contributed by atoms with Crippen molar-refractivity contribution in [2.75, 3.05) is 18.8 Å². The highest BCUT2D eigenvalue weighted by Gasteiger charge is 2.39. The average molecular weight is 294 g/mol. The van der Waals surface area contributed by atoms with Crippen molar-refractivity contribution in [1.82, 2.24) is 4.90 Å². The van der Waals surface area contributed by atoms with Crippen molar-refractivity contribution in [3.63, 3.8) is 0 Å². The third-order valence-electron chi connectivity index (χ3n) is 3.65. The van der Waals surface area contributed by atoms with E-state index in [2.05, 4.69) is 0 Å². The molecule has 1 aromatic carbocycles. The first-order chi connectivity index (χ1) is 9.71. The van der Waals surface area contributed by atoms with Gasteiger partial charge in [-0.25, -0.2) is 9.18 Å². The minimum absolute atomic E-state index is 0.237. The summed E-state index contributed by atoms with van der Waals surface area (Å²) in [5.41, 5.74) is 4.85. The van der Waals surface area contributed by atoms with Gasteiger partial charge in [0.05, 0.1) is 0 Å². The summed E-state index contributed by atoms with van der Waals surface area (Å²) in [6.45, 7) is 6.12. The fraction of sp³-hybridized carbons (Fsp3) is 0.562. The third kappa shape index (κ3) is 3.65. The molecule has 0 bridgehead atoms. The minimum Gasteiger partial charge on any atom is -0.444 e. The molecule has 2 N–H and O–H groups in total. The number of ether oxygens (including phenoxy) is 1. The molecule has 5 heteroatoms. The maximum Gasteiger partial charge on any atom is 0.410 e. The van der Waals surface area contributed by atoms with Crippen molar-refractivity contribution in [3.8, 4) is 0 Å². The van der Waals surface area contributed by atoms with Gasteiger partial charge in [0.2, 0.25) is 0 Å². The van der Waals surface area contributed by atoms with Crippen LogP contribution in [0.2, 0.25) is 0 Å². The molecule has 2 rings (SSSR count). The number of amides is 1. The molecule has 0 saturated carbocycles. The summed E-state index contributed by atoms with van der Waals surface area (Å²) < 4.78 is 20.4. The first-order valence-corrected chi connectivity index (χ1v) is 7.23. The molecule has 1 heterocycles. The number of hydrogen-bond donors (Lipinski definition) is 1. The van der Waals surface area contributed by atoms with Crippen LogP contribution in [0, 0.1) is 0 Å². The van der Waals surface area contributed by atoms with Crippen molar-refractivity contribution < 1.29 is 13.9 Å². The molecule has 4 nitrogen and oxygen atoms in total. The van der Waals surface area contributed by atoms with Crippen LogP contribution in [-0.4, -0.2) is 29.7 Å². The Morgan fingerprint density at radius 3 is 2.38 bits per heavy atom. The number of alkyl halides is 1. The van der Waals surface area contributed by atoms with E-state index in [0.717, 1.165) is 0 Å². The quantitative estimate of drug-likeness (QED) is 0.807. The molecule has 0 spiro atoms. The van der Waals surface area contributed by atoms with Crippen LogP contribution < -0.4 is 5.73 Å². The second kappa shape index (κ2) is 5.54. The van der Waals surface area contributed by atoms with Gasteiger partial charge in [-0.3, -0.25) is 0 Å². The maximum absolute atomic E-state index is 15.1. The minimum atomic E-state index is -1.47. The highest BCUT2D eigenvalue weighted by molar-refractivity contribution is 5.68. The normalized spacial score (nSPS) is 18.4. The predicted octanol–water partition coefficient (Wildman–Crippen LogP) is 3.46. The number of nitrogens with two attached hydrogens (primary N) is 1. The fourth-order valence-corrected chi connectivity index (χ4v) is 2.54. The third-order valence-corrected chi connectivity index (χ3v) is 3.65. The molecule has 1 aromatic rings. The zero-order chi connectivity index (χ0) is 15.7. The Labute approximate surface area is 125 Å². The molecule has 0 aliphatic carbocycles. The molecule has 1 fully saturated rings. The Morgan fingerprint density at radius 1 is 1.29 bits per heavy atom. The Bertz CT molecular complexity index is 517. The maximum atomic E-state index is 15.1. The van der Waals surface area contributed by atoms with Crippen molar-refractivity contribution in [3.05, 3.63) is 29.8 Å². The molecule has 1 saturated heterocycles. The average Bonchev–Trinajstić information content (AvgIpc) is 2.37. The zero-order valence-corrected chi connectivity index (χ0v) is 12.9. The monoisotopic (exact) mass is 294 g/mol. The Hall–Kier alpha value is -1.78. The van der Waals surface area contributed by atoms with E-state index in [1.807, 2.05) is 20.8 Å². The van der Waals surface area contributed by atoms with Crippen LogP contribution in [0.5, 0.6) is 0 Å². The molecule has 1 amide bonds. The summed E-state index contributed by atoms with van der Waals surface area (Å²) in [5.74, 6) is 0. The summed E-state index contributed by atoms with van der Waals surface area (Å²) >= 11 is 0.